The molecule has 1 heterocycles. The lowest BCUT2D eigenvalue weighted by Crippen LogP contribution is -2.36. The Morgan fingerprint density at radius 2 is 1.83 bits per heavy atom. The van der Waals surface area contributed by atoms with Crippen LogP contribution in [0.15, 0.2) is 0 Å². The molecule has 1 rings (SSSR count). The first-order chi connectivity index (χ1) is 10.7. The minimum Gasteiger partial charge on any atom is -0.429 e. The first kappa shape index (κ1) is 20.2. The highest BCUT2D eigenvalue weighted by Gasteiger charge is 2.24. The van der Waals surface area contributed by atoms with Crippen molar-refractivity contribution in [1.29, 1.82) is 0 Å². The highest BCUT2D eigenvalue weighted by atomic mass is 16.5. The van der Waals surface area contributed by atoms with Crippen LogP contribution in [-0.4, -0.2) is 73.4 Å². The van der Waals surface area contributed by atoms with Gasteiger partial charge in [-0.3, -0.25) is 0 Å². The average Bonchev–Trinajstić information content (AvgIpc) is 2.79. The lowest BCUT2D eigenvalue weighted by atomic mass is 9.98. The Morgan fingerprint density at radius 3 is 2.35 bits per heavy atom. The molecule has 0 saturated carbocycles. The van der Waals surface area contributed by atoms with Crippen molar-refractivity contribution in [2.45, 2.75) is 58.2 Å². The molecule has 0 aromatic rings. The summed E-state index contributed by atoms with van der Waals surface area (Å²) in [5.41, 5.74) is 5.29. The van der Waals surface area contributed by atoms with Gasteiger partial charge in [0.2, 0.25) is 0 Å². The summed E-state index contributed by atoms with van der Waals surface area (Å²) in [5.74, 6) is 0.343. The molecule has 0 amide bonds. The number of hydrogen-bond acceptors (Lipinski definition) is 3. The summed E-state index contributed by atoms with van der Waals surface area (Å²) in [7, 11) is 1.89. The van der Waals surface area contributed by atoms with Crippen molar-refractivity contribution in [3.63, 3.8) is 0 Å². The predicted molar refractivity (Wildman–Crippen MR) is 95.5 cm³/mol. The van der Waals surface area contributed by atoms with E-state index in [0.717, 1.165) is 32.4 Å². The molecule has 1 fully saturated rings. The van der Waals surface area contributed by atoms with Gasteiger partial charge in [-0.2, -0.15) is 0 Å². The van der Waals surface area contributed by atoms with E-state index in [-0.39, 0.29) is 11.2 Å². The van der Waals surface area contributed by atoms with Crippen LogP contribution >= 0.6 is 0 Å². The minimum absolute atomic E-state index is 0.133. The molecule has 1 unspecified atom stereocenters. The van der Waals surface area contributed by atoms with Gasteiger partial charge in [-0.05, 0) is 73.3 Å². The summed E-state index contributed by atoms with van der Waals surface area (Å²) in [6.45, 7) is 12.8. The van der Waals surface area contributed by atoms with Crippen LogP contribution in [0.3, 0.4) is 0 Å². The van der Waals surface area contributed by atoms with Gasteiger partial charge < -0.3 is 30.4 Å². The Bertz CT molecular complexity index is 376. The van der Waals surface area contributed by atoms with E-state index in [9.17, 15) is 5.41 Å². The number of guanidine groups is 1. The van der Waals surface area contributed by atoms with Crippen molar-refractivity contribution >= 4 is 5.96 Å². The molecule has 0 aliphatic carbocycles. The van der Waals surface area contributed by atoms with E-state index < -0.39 is 0 Å². The highest BCUT2D eigenvalue weighted by Crippen LogP contribution is 2.22. The molecule has 6 nitrogen and oxygen atoms in total. The Labute approximate surface area is 141 Å². The first-order valence-corrected chi connectivity index (χ1v) is 8.73. The molecule has 1 saturated heterocycles. The van der Waals surface area contributed by atoms with Crippen LogP contribution in [0, 0.1) is 0 Å². The predicted octanol–water partition coefficient (Wildman–Crippen LogP) is 1.88. The molecular formula is C17H35N4O2-. The molecule has 2 N–H and O–H groups in total. The third kappa shape index (κ3) is 6.65. The van der Waals surface area contributed by atoms with E-state index in [1.54, 1.807) is 0 Å². The Hall–Kier alpha value is -0.850. The smallest absolute Gasteiger partial charge is 0.0664 e. The van der Waals surface area contributed by atoms with Gasteiger partial charge in [-0.15, -0.1) is 0 Å². The lowest BCUT2D eigenvalue weighted by molar-refractivity contribution is -0.0822. The molecular weight excluding hydrogens is 292 g/mol. The fourth-order valence-corrected chi connectivity index (χ4v) is 2.63. The molecule has 1 aliphatic rings. The second-order valence-corrected chi connectivity index (χ2v) is 7.26. The first-order valence-electron chi connectivity index (χ1n) is 8.73. The normalized spacial score (nSPS) is 18.6. The van der Waals surface area contributed by atoms with Gasteiger partial charge in [0.05, 0.1) is 24.4 Å². The van der Waals surface area contributed by atoms with Gasteiger partial charge >= 0.3 is 0 Å². The Kier molecular flexibility index (Phi) is 7.77. The number of nitrogens with two attached hydrogens (primary N) is 1. The fraction of sp³-hybridized carbons (Fsp3) is 0.941. The van der Waals surface area contributed by atoms with Crippen molar-refractivity contribution in [2.24, 2.45) is 5.73 Å². The number of rotatable bonds is 11. The second kappa shape index (κ2) is 8.85. The third-order valence-corrected chi connectivity index (χ3v) is 4.76. The van der Waals surface area contributed by atoms with Crippen LogP contribution < -0.4 is 5.73 Å². The number of likely N-dealkylation sites (N-methyl/N-ethyl adjacent to an activating group) is 1. The van der Waals surface area contributed by atoms with Crippen molar-refractivity contribution in [1.82, 2.24) is 9.80 Å². The molecule has 0 aromatic heterocycles. The second-order valence-electron chi connectivity index (χ2n) is 7.26. The fourth-order valence-electron chi connectivity index (χ4n) is 2.63. The quantitative estimate of drug-likeness (QED) is 0.627. The summed E-state index contributed by atoms with van der Waals surface area (Å²) in [4.78, 5) is 3.80. The summed E-state index contributed by atoms with van der Waals surface area (Å²) < 4.78 is 12.0. The van der Waals surface area contributed by atoms with E-state index in [2.05, 4.69) is 27.7 Å². The number of hydrogen-bond donors (Lipinski definition) is 1. The van der Waals surface area contributed by atoms with Crippen molar-refractivity contribution in [2.75, 3.05) is 46.4 Å². The van der Waals surface area contributed by atoms with E-state index >= 15 is 0 Å². The monoisotopic (exact) mass is 327 g/mol. The maximum absolute atomic E-state index is 9.88. The molecule has 0 aromatic carbocycles. The third-order valence-electron chi connectivity index (χ3n) is 4.76. The molecule has 1 atom stereocenters. The van der Waals surface area contributed by atoms with Crippen LogP contribution in [-0.2, 0) is 9.47 Å². The lowest BCUT2D eigenvalue weighted by Gasteiger charge is -2.33. The van der Waals surface area contributed by atoms with Gasteiger partial charge in [-0.1, -0.05) is 6.92 Å². The van der Waals surface area contributed by atoms with Gasteiger partial charge in [-0.25, -0.2) is 0 Å². The zero-order chi connectivity index (χ0) is 17.5. The van der Waals surface area contributed by atoms with Gasteiger partial charge in [0.15, 0.2) is 0 Å². The van der Waals surface area contributed by atoms with Crippen molar-refractivity contribution in [3.05, 3.63) is 5.41 Å². The van der Waals surface area contributed by atoms with Crippen LogP contribution in [0.1, 0.15) is 47.0 Å². The van der Waals surface area contributed by atoms with E-state index in [0.29, 0.717) is 32.3 Å². The molecule has 136 valence electrons. The van der Waals surface area contributed by atoms with E-state index in [1.807, 2.05) is 16.8 Å². The van der Waals surface area contributed by atoms with E-state index in [1.165, 1.54) is 0 Å². The number of nitrogens with zero attached hydrogens (tertiary/aromatic N) is 3. The highest BCUT2D eigenvalue weighted by molar-refractivity contribution is 5.84. The topological polar surface area (TPSA) is 73.3 Å². The number of ether oxygens (including phenoxy) is 2. The maximum atomic E-state index is 9.88. The van der Waals surface area contributed by atoms with Crippen LogP contribution in [0.25, 0.3) is 5.41 Å². The van der Waals surface area contributed by atoms with Crippen LogP contribution in [0.5, 0.6) is 0 Å². The molecule has 23 heavy (non-hydrogen) atoms. The molecule has 1 aliphatic heterocycles. The van der Waals surface area contributed by atoms with Crippen LogP contribution in [0.4, 0.5) is 0 Å². The Balaban J connectivity index is 2.26. The van der Waals surface area contributed by atoms with Gasteiger partial charge in [0.25, 0.3) is 0 Å². The van der Waals surface area contributed by atoms with Gasteiger partial charge in [0, 0.05) is 5.96 Å². The van der Waals surface area contributed by atoms with Crippen molar-refractivity contribution in [3.8, 4) is 0 Å². The van der Waals surface area contributed by atoms with Crippen LogP contribution in [0.2, 0.25) is 0 Å². The summed E-state index contributed by atoms with van der Waals surface area (Å²) in [6, 6.07) is 0. The summed E-state index contributed by atoms with van der Waals surface area (Å²) in [5, 5.41) is 9.88. The maximum Gasteiger partial charge on any atom is 0.0664 e. The summed E-state index contributed by atoms with van der Waals surface area (Å²) in [6.07, 6.45) is 2.67. The molecule has 0 radical (unpaired) electrons. The van der Waals surface area contributed by atoms with Crippen molar-refractivity contribution < 1.29 is 9.47 Å². The largest absolute Gasteiger partial charge is 0.429 e. The SMILES string of the molecule is CCC(C)(CCN)OCCC(C)(C)OCCN1CCN(C)C1=[N-]. The minimum atomic E-state index is -0.237. The Morgan fingerprint density at radius 1 is 1.13 bits per heavy atom. The average molecular weight is 327 g/mol. The molecule has 0 spiro atoms. The zero-order valence-corrected chi connectivity index (χ0v) is 15.6. The van der Waals surface area contributed by atoms with E-state index in [4.69, 9.17) is 15.2 Å². The molecule has 0 bridgehead atoms. The zero-order valence-electron chi connectivity index (χ0n) is 15.6. The van der Waals surface area contributed by atoms with Gasteiger partial charge in [0.1, 0.15) is 0 Å². The standard InChI is InChI=1S/C17H35N4O2/c1-6-17(4,7-9-18)23-13-8-16(2,3)22-14-12-21-11-10-20(5)15(21)19/h6-14,18H2,1-5H3/q-1. The molecule has 6 heteroatoms. The summed E-state index contributed by atoms with van der Waals surface area (Å²) >= 11 is 0.